The van der Waals surface area contributed by atoms with Crippen molar-refractivity contribution in [3.05, 3.63) is 23.1 Å². The van der Waals surface area contributed by atoms with Crippen molar-refractivity contribution >= 4 is 27.3 Å². The van der Waals surface area contributed by atoms with Crippen LogP contribution in [0.5, 0.6) is 0 Å². The van der Waals surface area contributed by atoms with E-state index in [4.69, 9.17) is 4.74 Å². The molecule has 2 rings (SSSR count). The highest BCUT2D eigenvalue weighted by molar-refractivity contribution is 7.90. The Morgan fingerprint density at radius 1 is 1.27 bits per heavy atom. The molecule has 1 heterocycles. The second-order valence-electron chi connectivity index (χ2n) is 7.47. The molecule has 1 saturated heterocycles. The van der Waals surface area contributed by atoms with Crippen molar-refractivity contribution in [2.75, 3.05) is 24.7 Å². The lowest BCUT2D eigenvalue weighted by molar-refractivity contribution is -0.378. The molecular formula is C17H26N3O5S+. The number of carbonyl (C=O) groups excluding carboxylic acids is 1. The lowest BCUT2D eigenvalue weighted by atomic mass is 10.0. The lowest BCUT2D eigenvalue weighted by Crippen LogP contribution is -2.56. The number of rotatable bonds is 4. The Morgan fingerprint density at radius 2 is 1.88 bits per heavy atom. The van der Waals surface area contributed by atoms with Crippen molar-refractivity contribution in [3.63, 3.8) is 0 Å². The van der Waals surface area contributed by atoms with Gasteiger partial charge in [0, 0.05) is 41.5 Å². The maximum absolute atomic E-state index is 12.1. The molecule has 1 aliphatic heterocycles. The Balaban J connectivity index is 1.99. The topological polar surface area (TPSA) is 107 Å². The first-order chi connectivity index (χ1) is 12.0. The predicted molar refractivity (Wildman–Crippen MR) is 98.0 cm³/mol. The van der Waals surface area contributed by atoms with Gasteiger partial charge in [-0.05, 0) is 45.7 Å². The van der Waals surface area contributed by atoms with Crippen molar-refractivity contribution in [1.82, 2.24) is 4.90 Å². The maximum Gasteiger partial charge on any atom is 0.410 e. The fourth-order valence-electron chi connectivity index (χ4n) is 2.72. The number of carbonyl (C=O) groups is 1. The molecule has 0 aliphatic carbocycles. The van der Waals surface area contributed by atoms with Gasteiger partial charge in [-0.3, -0.25) is 0 Å². The molecule has 0 spiro atoms. The Morgan fingerprint density at radius 3 is 2.38 bits per heavy atom. The van der Waals surface area contributed by atoms with Crippen LogP contribution in [0.1, 0.15) is 33.6 Å². The van der Waals surface area contributed by atoms with Crippen LogP contribution in [0, 0.1) is 4.91 Å². The van der Waals surface area contributed by atoms with Crippen LogP contribution in [-0.2, 0) is 14.6 Å². The lowest BCUT2D eigenvalue weighted by Gasteiger charge is -2.34. The Kier molecular flexibility index (Phi) is 5.90. The summed E-state index contributed by atoms with van der Waals surface area (Å²) in [5.74, 6) is 0. The van der Waals surface area contributed by atoms with Crippen molar-refractivity contribution in [3.8, 4) is 0 Å². The van der Waals surface area contributed by atoms with Gasteiger partial charge in [0.05, 0.1) is 4.90 Å². The summed E-state index contributed by atoms with van der Waals surface area (Å²) in [6, 6.07) is 4.44. The molecule has 26 heavy (non-hydrogen) atoms. The summed E-state index contributed by atoms with van der Waals surface area (Å²) in [6.45, 7) is 6.59. The number of hydrogen-bond donors (Lipinski definition) is 2. The molecule has 2 N–H and O–H groups in total. The van der Waals surface area contributed by atoms with Crippen molar-refractivity contribution in [1.29, 1.82) is 0 Å². The van der Waals surface area contributed by atoms with Crippen LogP contribution >= 0.6 is 0 Å². The summed E-state index contributed by atoms with van der Waals surface area (Å²) in [4.78, 5) is 25.0. The Hall–Kier alpha value is -2.16. The Bertz CT molecular complexity index is 778. The fraction of sp³-hybridized carbons (Fsp3) is 0.588. The number of piperidine rings is 1. The molecule has 0 radical (unpaired) electrons. The van der Waals surface area contributed by atoms with Gasteiger partial charge in [0.15, 0.2) is 9.84 Å². The SMILES string of the molecule is CC(C)(C)OC(=O)N1CCC(Nc2ccc(S(C)(=O)=O)cc2[NH+]=O)CC1. The summed E-state index contributed by atoms with van der Waals surface area (Å²) >= 11 is 0. The molecule has 0 bridgehead atoms. The third-order valence-electron chi connectivity index (χ3n) is 4.04. The summed E-state index contributed by atoms with van der Waals surface area (Å²) in [7, 11) is -3.38. The van der Waals surface area contributed by atoms with E-state index < -0.39 is 15.4 Å². The molecule has 9 heteroatoms. The van der Waals surface area contributed by atoms with Gasteiger partial charge >= 0.3 is 6.09 Å². The van der Waals surface area contributed by atoms with Gasteiger partial charge in [0.2, 0.25) is 0 Å². The van der Waals surface area contributed by atoms with Gasteiger partial charge in [-0.25, -0.2) is 13.2 Å². The normalized spacial score (nSPS) is 16.2. The average molecular weight is 384 g/mol. The highest BCUT2D eigenvalue weighted by atomic mass is 32.2. The van der Waals surface area contributed by atoms with E-state index in [2.05, 4.69) is 5.32 Å². The molecule has 1 aliphatic rings. The largest absolute Gasteiger partial charge is 0.444 e. The first-order valence-electron chi connectivity index (χ1n) is 8.46. The molecule has 1 aromatic rings. The van der Waals surface area contributed by atoms with Gasteiger partial charge in [-0.2, -0.15) is 0 Å². The number of anilines is 1. The smallest absolute Gasteiger partial charge is 0.410 e. The van der Waals surface area contributed by atoms with Crippen LogP contribution in [0.3, 0.4) is 0 Å². The molecule has 0 saturated carbocycles. The van der Waals surface area contributed by atoms with E-state index in [1.807, 2.05) is 20.8 Å². The molecular weight excluding hydrogens is 358 g/mol. The summed E-state index contributed by atoms with van der Waals surface area (Å²) in [5, 5.41) is 5.04. The van der Waals surface area contributed by atoms with Crippen LogP contribution in [0.15, 0.2) is 23.1 Å². The minimum Gasteiger partial charge on any atom is -0.444 e. The van der Waals surface area contributed by atoms with E-state index in [0.717, 1.165) is 6.26 Å². The number of sulfone groups is 1. The molecule has 0 unspecified atom stereocenters. The number of nitroso groups, excluding NO2 is 1. The number of nitrogens with zero attached hydrogens (tertiary/aromatic N) is 1. The highest BCUT2D eigenvalue weighted by Gasteiger charge is 2.27. The van der Waals surface area contributed by atoms with Crippen molar-refractivity contribution in [2.24, 2.45) is 0 Å². The van der Waals surface area contributed by atoms with E-state index in [1.54, 1.807) is 16.1 Å². The fourth-order valence-corrected chi connectivity index (χ4v) is 3.36. The minimum absolute atomic E-state index is 0.0740. The molecule has 144 valence electrons. The summed E-state index contributed by atoms with van der Waals surface area (Å²) in [6.07, 6.45) is 2.17. The van der Waals surface area contributed by atoms with E-state index in [9.17, 15) is 18.1 Å². The average Bonchev–Trinajstić information content (AvgIpc) is 2.53. The molecule has 1 amide bonds. The number of nitrogens with one attached hydrogen (secondary N) is 2. The van der Waals surface area contributed by atoms with E-state index >= 15 is 0 Å². The number of amides is 1. The van der Waals surface area contributed by atoms with Crippen LogP contribution in [0.4, 0.5) is 16.2 Å². The third kappa shape index (κ3) is 5.42. The van der Waals surface area contributed by atoms with Crippen LogP contribution in [0.25, 0.3) is 0 Å². The first kappa shape index (κ1) is 20.2. The number of likely N-dealkylation sites (tertiary alicyclic amines) is 1. The molecule has 0 atom stereocenters. The zero-order valence-corrected chi connectivity index (χ0v) is 16.4. The van der Waals surface area contributed by atoms with Gasteiger partial charge in [-0.15, -0.1) is 0 Å². The number of ether oxygens (including phenoxy) is 1. The monoisotopic (exact) mass is 384 g/mol. The van der Waals surface area contributed by atoms with E-state index in [1.165, 1.54) is 12.1 Å². The van der Waals surface area contributed by atoms with Gasteiger partial charge in [0.1, 0.15) is 11.3 Å². The summed E-state index contributed by atoms with van der Waals surface area (Å²) < 4.78 is 28.6. The third-order valence-corrected chi connectivity index (χ3v) is 5.15. The molecule has 1 fully saturated rings. The minimum atomic E-state index is -3.38. The Labute approximate surface area is 153 Å². The van der Waals surface area contributed by atoms with Gasteiger partial charge < -0.3 is 15.0 Å². The zero-order valence-electron chi connectivity index (χ0n) is 15.5. The molecule has 8 nitrogen and oxygen atoms in total. The number of hydrogen-bond acceptors (Lipinski definition) is 6. The number of benzene rings is 1. The standard InChI is InChI=1S/C17H25N3O5S/c1-17(2,3)25-16(21)20-9-7-12(8-10-20)18-14-6-5-13(26(4,23)24)11-15(14)19-22/h5-6,11-12,18H,7-10H2,1-4H3/p+1. The quantitative estimate of drug-likeness (QED) is 0.812. The second-order valence-corrected chi connectivity index (χ2v) is 9.48. The maximum atomic E-state index is 12.1. The van der Waals surface area contributed by atoms with Crippen LogP contribution in [0.2, 0.25) is 0 Å². The van der Waals surface area contributed by atoms with Gasteiger partial charge in [-0.1, -0.05) is 0 Å². The second kappa shape index (κ2) is 7.61. The highest BCUT2D eigenvalue weighted by Crippen LogP contribution is 2.25. The van der Waals surface area contributed by atoms with Gasteiger partial charge in [0.25, 0.3) is 5.69 Å². The predicted octanol–water partition coefficient (Wildman–Crippen LogP) is 1.38. The van der Waals surface area contributed by atoms with E-state index in [-0.39, 0.29) is 22.7 Å². The van der Waals surface area contributed by atoms with Crippen molar-refractivity contribution < 1.29 is 23.1 Å². The zero-order chi connectivity index (χ0) is 19.5. The molecule has 0 aromatic heterocycles. The first-order valence-corrected chi connectivity index (χ1v) is 10.4. The van der Waals surface area contributed by atoms with Crippen LogP contribution < -0.4 is 10.5 Å². The summed E-state index contributed by atoms with van der Waals surface area (Å²) in [5.41, 5.74) is 0.202. The molecule has 1 aromatic carbocycles. The van der Waals surface area contributed by atoms with Crippen LogP contribution in [-0.4, -0.2) is 50.4 Å². The van der Waals surface area contributed by atoms with Crippen molar-refractivity contribution in [2.45, 2.75) is 50.2 Å². The van der Waals surface area contributed by atoms with E-state index in [0.29, 0.717) is 31.6 Å².